The van der Waals surface area contributed by atoms with Gasteiger partial charge in [0.25, 0.3) is 0 Å². The molecular formula is C26H26F3N3O5. The minimum absolute atomic E-state index is 0.0225. The van der Waals surface area contributed by atoms with Crippen LogP contribution in [0.15, 0.2) is 65.3 Å². The molecule has 196 valence electrons. The standard InChI is InChI=1S/C26H26F3N3O5/c1-17(2)32(25(34)30-20-6-3-5-19(12-20)26(27,28)29)15-24(33)31(14-21-7-4-10-35-21)13-18-8-9-22-23(11-18)37-16-36-22/h3-12,17H,13-16H2,1-2H3,(H,30,34). The number of furan rings is 1. The number of halogens is 3. The van der Waals surface area contributed by atoms with Crippen LogP contribution >= 0.6 is 0 Å². The Morgan fingerprint density at radius 2 is 1.78 bits per heavy atom. The summed E-state index contributed by atoms with van der Waals surface area (Å²) in [4.78, 5) is 29.2. The van der Waals surface area contributed by atoms with E-state index >= 15 is 0 Å². The number of benzene rings is 2. The number of carbonyl (C=O) groups excluding carboxylic acids is 2. The number of nitrogens with one attached hydrogen (secondary N) is 1. The highest BCUT2D eigenvalue weighted by atomic mass is 19.4. The van der Waals surface area contributed by atoms with Crippen molar-refractivity contribution in [2.24, 2.45) is 0 Å². The van der Waals surface area contributed by atoms with Crippen LogP contribution in [0.3, 0.4) is 0 Å². The van der Waals surface area contributed by atoms with E-state index in [-0.39, 0.29) is 38.0 Å². The molecule has 2 heterocycles. The first kappa shape index (κ1) is 25.9. The Morgan fingerprint density at radius 1 is 1.00 bits per heavy atom. The summed E-state index contributed by atoms with van der Waals surface area (Å²) in [7, 11) is 0. The third-order valence-electron chi connectivity index (χ3n) is 5.72. The summed E-state index contributed by atoms with van der Waals surface area (Å²) in [6.07, 6.45) is -3.04. The van der Waals surface area contributed by atoms with Gasteiger partial charge < -0.3 is 29.0 Å². The van der Waals surface area contributed by atoms with Crippen LogP contribution in [0.4, 0.5) is 23.7 Å². The summed E-state index contributed by atoms with van der Waals surface area (Å²) in [6.45, 7) is 3.62. The average molecular weight is 518 g/mol. The number of anilines is 1. The second-order valence-corrected chi connectivity index (χ2v) is 8.75. The van der Waals surface area contributed by atoms with Crippen LogP contribution in [-0.4, -0.2) is 41.1 Å². The fourth-order valence-electron chi connectivity index (χ4n) is 3.79. The maximum Gasteiger partial charge on any atom is 0.416 e. The number of rotatable bonds is 8. The summed E-state index contributed by atoms with van der Waals surface area (Å²) < 4.78 is 55.4. The van der Waals surface area contributed by atoms with Crippen LogP contribution in [0.1, 0.15) is 30.7 Å². The maximum absolute atomic E-state index is 13.4. The molecule has 8 nitrogen and oxygen atoms in total. The van der Waals surface area contributed by atoms with E-state index in [9.17, 15) is 22.8 Å². The van der Waals surface area contributed by atoms with E-state index in [1.165, 1.54) is 28.2 Å². The molecule has 2 aromatic carbocycles. The molecule has 3 amide bonds. The Bertz CT molecular complexity index is 1240. The zero-order valence-corrected chi connectivity index (χ0v) is 20.2. The van der Waals surface area contributed by atoms with Gasteiger partial charge in [0.15, 0.2) is 11.5 Å². The Morgan fingerprint density at radius 3 is 2.49 bits per heavy atom. The van der Waals surface area contributed by atoms with Gasteiger partial charge in [-0.2, -0.15) is 13.2 Å². The van der Waals surface area contributed by atoms with Gasteiger partial charge in [0.05, 0.1) is 18.4 Å². The lowest BCUT2D eigenvalue weighted by molar-refractivity contribution is -0.137. The summed E-state index contributed by atoms with van der Waals surface area (Å²) in [5, 5.41) is 2.47. The second kappa shape index (κ2) is 10.9. The number of urea groups is 1. The third-order valence-corrected chi connectivity index (χ3v) is 5.72. The maximum atomic E-state index is 13.4. The van der Waals surface area contributed by atoms with Crippen molar-refractivity contribution in [1.82, 2.24) is 9.80 Å². The van der Waals surface area contributed by atoms with Gasteiger partial charge in [0.2, 0.25) is 12.7 Å². The monoisotopic (exact) mass is 517 g/mol. The highest BCUT2D eigenvalue weighted by molar-refractivity contribution is 5.92. The van der Waals surface area contributed by atoms with Crippen LogP contribution < -0.4 is 14.8 Å². The van der Waals surface area contributed by atoms with Gasteiger partial charge in [-0.15, -0.1) is 0 Å². The largest absolute Gasteiger partial charge is 0.467 e. The molecule has 4 rings (SSSR count). The van der Waals surface area contributed by atoms with Crippen molar-refractivity contribution in [3.05, 3.63) is 77.7 Å². The van der Waals surface area contributed by atoms with Gasteiger partial charge in [-0.1, -0.05) is 12.1 Å². The quantitative estimate of drug-likeness (QED) is 0.427. The number of alkyl halides is 3. The number of fused-ring (bicyclic) bond motifs is 1. The Kier molecular flexibility index (Phi) is 7.61. The van der Waals surface area contributed by atoms with Gasteiger partial charge in [-0.3, -0.25) is 4.79 Å². The van der Waals surface area contributed by atoms with Crippen molar-refractivity contribution >= 4 is 17.6 Å². The summed E-state index contributed by atoms with van der Waals surface area (Å²) >= 11 is 0. The summed E-state index contributed by atoms with van der Waals surface area (Å²) in [6, 6.07) is 12.0. The molecule has 0 fully saturated rings. The minimum atomic E-state index is -4.55. The Labute approximate surface area is 211 Å². The number of nitrogens with zero attached hydrogens (tertiary/aromatic N) is 2. The van der Waals surface area contributed by atoms with Crippen molar-refractivity contribution in [1.29, 1.82) is 0 Å². The fraction of sp³-hybridized carbons (Fsp3) is 0.308. The lowest BCUT2D eigenvalue weighted by Gasteiger charge is -2.30. The first-order valence-electron chi connectivity index (χ1n) is 11.5. The first-order chi connectivity index (χ1) is 17.6. The summed E-state index contributed by atoms with van der Waals surface area (Å²) in [5.41, 5.74) is -0.120. The molecule has 37 heavy (non-hydrogen) atoms. The van der Waals surface area contributed by atoms with Crippen LogP contribution in [0.2, 0.25) is 0 Å². The number of hydrogen-bond acceptors (Lipinski definition) is 5. The molecule has 11 heteroatoms. The number of carbonyl (C=O) groups is 2. The molecule has 0 unspecified atom stereocenters. The average Bonchev–Trinajstić information content (AvgIpc) is 3.53. The van der Waals surface area contributed by atoms with Crippen LogP contribution in [0, 0.1) is 0 Å². The predicted molar refractivity (Wildman–Crippen MR) is 128 cm³/mol. The molecule has 0 aliphatic carbocycles. The predicted octanol–water partition coefficient (Wildman–Crippen LogP) is 5.50. The topological polar surface area (TPSA) is 84.2 Å². The zero-order chi connectivity index (χ0) is 26.6. The summed E-state index contributed by atoms with van der Waals surface area (Å²) in [5.74, 6) is 1.37. The van der Waals surface area contributed by atoms with Crippen molar-refractivity contribution in [2.45, 2.75) is 39.2 Å². The molecule has 1 aromatic heterocycles. The van der Waals surface area contributed by atoms with E-state index in [0.29, 0.717) is 17.3 Å². The highest BCUT2D eigenvalue weighted by Gasteiger charge is 2.31. The van der Waals surface area contributed by atoms with Gasteiger partial charge in [-0.05, 0) is 61.9 Å². The molecule has 0 radical (unpaired) electrons. The minimum Gasteiger partial charge on any atom is -0.467 e. The van der Waals surface area contributed by atoms with E-state index in [0.717, 1.165) is 17.7 Å². The SMILES string of the molecule is CC(C)N(CC(=O)N(Cc1ccc2c(c1)OCO2)Cc1ccco1)C(=O)Nc1cccc(C(F)(F)F)c1. The zero-order valence-electron chi connectivity index (χ0n) is 20.2. The fourth-order valence-corrected chi connectivity index (χ4v) is 3.79. The molecule has 1 aliphatic rings. The van der Waals surface area contributed by atoms with E-state index in [1.807, 2.05) is 6.07 Å². The first-order valence-corrected chi connectivity index (χ1v) is 11.5. The lowest BCUT2D eigenvalue weighted by atomic mass is 10.1. The van der Waals surface area contributed by atoms with Gasteiger partial charge >= 0.3 is 12.2 Å². The number of amides is 3. The molecule has 1 N–H and O–H groups in total. The molecule has 0 bridgehead atoms. The molecule has 3 aromatic rings. The van der Waals surface area contributed by atoms with E-state index in [2.05, 4.69) is 5.32 Å². The molecule has 1 aliphatic heterocycles. The molecule has 0 atom stereocenters. The molecule has 0 saturated heterocycles. The number of hydrogen-bond donors (Lipinski definition) is 1. The van der Waals surface area contributed by atoms with Gasteiger partial charge in [-0.25, -0.2) is 4.79 Å². The van der Waals surface area contributed by atoms with E-state index < -0.39 is 23.8 Å². The Hall–Kier alpha value is -4.15. The van der Waals surface area contributed by atoms with Crippen LogP contribution in [-0.2, 0) is 24.1 Å². The van der Waals surface area contributed by atoms with E-state index in [1.54, 1.807) is 38.1 Å². The van der Waals surface area contributed by atoms with Crippen LogP contribution in [0.5, 0.6) is 11.5 Å². The van der Waals surface area contributed by atoms with Crippen molar-refractivity contribution < 1.29 is 36.7 Å². The van der Waals surface area contributed by atoms with Gasteiger partial charge in [0, 0.05) is 18.3 Å². The van der Waals surface area contributed by atoms with E-state index in [4.69, 9.17) is 13.9 Å². The Balaban J connectivity index is 1.50. The highest BCUT2D eigenvalue weighted by Crippen LogP contribution is 2.33. The normalized spacial score (nSPS) is 12.5. The third kappa shape index (κ3) is 6.54. The van der Waals surface area contributed by atoms with Crippen LogP contribution in [0.25, 0.3) is 0 Å². The molecular weight excluding hydrogens is 491 g/mol. The van der Waals surface area contributed by atoms with Crippen molar-refractivity contribution in [2.75, 3.05) is 18.7 Å². The van der Waals surface area contributed by atoms with Crippen molar-refractivity contribution in [3.63, 3.8) is 0 Å². The molecule has 0 spiro atoms. The second-order valence-electron chi connectivity index (χ2n) is 8.75. The lowest BCUT2D eigenvalue weighted by Crippen LogP contribution is -2.47. The smallest absolute Gasteiger partial charge is 0.416 e. The molecule has 0 saturated carbocycles. The van der Waals surface area contributed by atoms with Gasteiger partial charge in [0.1, 0.15) is 12.3 Å². The van der Waals surface area contributed by atoms with Crippen molar-refractivity contribution in [3.8, 4) is 11.5 Å². The number of ether oxygens (including phenoxy) is 2.